The van der Waals surface area contributed by atoms with Crippen LogP contribution in [0, 0.1) is 0 Å². The Morgan fingerprint density at radius 3 is 2.42 bits per heavy atom. The molecule has 0 aliphatic rings. The number of hydrogen-bond donors (Lipinski definition) is 1. The molecule has 0 saturated heterocycles. The van der Waals surface area contributed by atoms with Gasteiger partial charge in [-0.1, -0.05) is 37.6 Å². The van der Waals surface area contributed by atoms with Crippen LogP contribution in [-0.2, 0) is 6.42 Å². The first-order chi connectivity index (χ1) is 9.08. The van der Waals surface area contributed by atoms with Crippen LogP contribution in [0.4, 0.5) is 5.82 Å². The van der Waals surface area contributed by atoms with Gasteiger partial charge in [0.15, 0.2) is 0 Å². The van der Waals surface area contributed by atoms with Gasteiger partial charge in [-0.05, 0) is 23.6 Å². The van der Waals surface area contributed by atoms with E-state index in [1.165, 1.54) is 0 Å². The van der Waals surface area contributed by atoms with E-state index in [-0.39, 0.29) is 0 Å². The lowest BCUT2D eigenvalue weighted by Gasteiger charge is -2.10. The highest BCUT2D eigenvalue weighted by atomic mass is 35.5. The lowest BCUT2D eigenvalue weighted by molar-refractivity contribution is 0.793. The van der Waals surface area contributed by atoms with Crippen molar-refractivity contribution in [3.63, 3.8) is 0 Å². The van der Waals surface area contributed by atoms with Gasteiger partial charge in [-0.15, -0.1) is 0 Å². The normalized spacial score (nSPS) is 10.8. The van der Waals surface area contributed by atoms with Crippen LogP contribution in [0.1, 0.15) is 36.8 Å². The molecule has 1 aromatic carbocycles. The SMILES string of the molecule is CNc1cc(C(C)C)nc(Cc2ccc(Cl)cc2)n1. The van der Waals surface area contributed by atoms with E-state index in [4.69, 9.17) is 11.6 Å². The van der Waals surface area contributed by atoms with E-state index in [9.17, 15) is 0 Å². The first-order valence-electron chi connectivity index (χ1n) is 6.38. The lowest BCUT2D eigenvalue weighted by atomic mass is 10.1. The van der Waals surface area contributed by atoms with E-state index >= 15 is 0 Å². The second-order valence-corrected chi connectivity index (χ2v) is 5.24. The molecule has 2 rings (SSSR count). The zero-order chi connectivity index (χ0) is 13.8. The zero-order valence-electron chi connectivity index (χ0n) is 11.4. The van der Waals surface area contributed by atoms with E-state index in [1.807, 2.05) is 37.4 Å². The van der Waals surface area contributed by atoms with Crippen LogP contribution in [0.25, 0.3) is 0 Å². The Bertz CT molecular complexity index is 550. The monoisotopic (exact) mass is 275 g/mol. The van der Waals surface area contributed by atoms with E-state index in [0.717, 1.165) is 27.9 Å². The molecule has 0 spiro atoms. The number of halogens is 1. The van der Waals surface area contributed by atoms with Crippen molar-refractivity contribution in [3.05, 3.63) is 52.4 Å². The van der Waals surface area contributed by atoms with Gasteiger partial charge in [0.05, 0.1) is 0 Å². The predicted octanol–water partition coefficient (Wildman–Crippen LogP) is 3.89. The molecule has 1 N–H and O–H groups in total. The fourth-order valence-corrected chi connectivity index (χ4v) is 1.93. The summed E-state index contributed by atoms with van der Waals surface area (Å²) in [5, 5.41) is 3.83. The highest BCUT2D eigenvalue weighted by Gasteiger charge is 2.08. The van der Waals surface area contributed by atoms with Crippen molar-refractivity contribution < 1.29 is 0 Å². The molecular formula is C15H18ClN3. The summed E-state index contributed by atoms with van der Waals surface area (Å²) in [6, 6.07) is 9.79. The van der Waals surface area contributed by atoms with Crippen molar-refractivity contribution in [3.8, 4) is 0 Å². The Hall–Kier alpha value is -1.61. The molecule has 3 nitrogen and oxygen atoms in total. The van der Waals surface area contributed by atoms with Gasteiger partial charge in [0.25, 0.3) is 0 Å². The van der Waals surface area contributed by atoms with Crippen molar-refractivity contribution in [1.29, 1.82) is 0 Å². The first-order valence-corrected chi connectivity index (χ1v) is 6.76. The molecule has 4 heteroatoms. The average molecular weight is 276 g/mol. The molecule has 0 amide bonds. The third kappa shape index (κ3) is 3.67. The highest BCUT2D eigenvalue weighted by Crippen LogP contribution is 2.17. The van der Waals surface area contributed by atoms with E-state index in [1.54, 1.807) is 0 Å². The Morgan fingerprint density at radius 2 is 1.84 bits per heavy atom. The number of aromatic nitrogens is 2. The number of nitrogens with one attached hydrogen (secondary N) is 1. The maximum absolute atomic E-state index is 5.89. The third-order valence-corrected chi connectivity index (χ3v) is 3.17. The number of benzene rings is 1. The molecule has 0 bridgehead atoms. The minimum absolute atomic E-state index is 0.388. The van der Waals surface area contributed by atoms with Gasteiger partial charge in [0, 0.05) is 30.3 Å². The molecule has 0 unspecified atom stereocenters. The third-order valence-electron chi connectivity index (χ3n) is 2.92. The minimum atomic E-state index is 0.388. The van der Waals surface area contributed by atoms with Crippen molar-refractivity contribution >= 4 is 17.4 Å². The number of anilines is 1. The summed E-state index contributed by atoms with van der Waals surface area (Å²) in [5.41, 5.74) is 2.22. The summed E-state index contributed by atoms with van der Waals surface area (Å²) in [6.07, 6.45) is 0.715. The Balaban J connectivity index is 2.28. The summed E-state index contributed by atoms with van der Waals surface area (Å²) in [7, 11) is 1.87. The minimum Gasteiger partial charge on any atom is -0.373 e. The van der Waals surface area contributed by atoms with E-state index < -0.39 is 0 Å². The molecule has 19 heavy (non-hydrogen) atoms. The molecule has 0 aliphatic heterocycles. The summed E-state index contributed by atoms with van der Waals surface area (Å²) in [6.45, 7) is 4.27. The number of nitrogens with zero attached hydrogens (tertiary/aromatic N) is 2. The lowest BCUT2D eigenvalue weighted by Crippen LogP contribution is -2.05. The Labute approximate surface area is 119 Å². The van der Waals surface area contributed by atoms with Gasteiger partial charge >= 0.3 is 0 Å². The average Bonchev–Trinajstić information content (AvgIpc) is 2.41. The molecule has 0 aliphatic carbocycles. The van der Waals surface area contributed by atoms with Crippen molar-refractivity contribution in [1.82, 2.24) is 9.97 Å². The smallest absolute Gasteiger partial charge is 0.135 e. The molecule has 100 valence electrons. The molecule has 0 saturated carbocycles. The molecule has 1 heterocycles. The van der Waals surface area contributed by atoms with Gasteiger partial charge in [-0.25, -0.2) is 9.97 Å². The van der Waals surface area contributed by atoms with Crippen molar-refractivity contribution in [2.75, 3.05) is 12.4 Å². The quantitative estimate of drug-likeness (QED) is 0.920. The van der Waals surface area contributed by atoms with Gasteiger partial charge in [0.1, 0.15) is 11.6 Å². The van der Waals surface area contributed by atoms with Gasteiger partial charge in [-0.3, -0.25) is 0 Å². The highest BCUT2D eigenvalue weighted by molar-refractivity contribution is 6.30. The molecule has 2 aromatic rings. The molecule has 0 atom stereocenters. The van der Waals surface area contributed by atoms with Crippen LogP contribution in [0.5, 0.6) is 0 Å². The Morgan fingerprint density at radius 1 is 1.16 bits per heavy atom. The molecular weight excluding hydrogens is 258 g/mol. The van der Waals surface area contributed by atoms with Crippen LogP contribution in [0.15, 0.2) is 30.3 Å². The maximum Gasteiger partial charge on any atom is 0.135 e. The van der Waals surface area contributed by atoms with Gasteiger partial charge in [-0.2, -0.15) is 0 Å². The van der Waals surface area contributed by atoms with Crippen molar-refractivity contribution in [2.45, 2.75) is 26.2 Å². The molecule has 1 aromatic heterocycles. The van der Waals surface area contributed by atoms with Crippen LogP contribution in [0.3, 0.4) is 0 Å². The first kappa shape index (κ1) is 13.8. The summed E-state index contributed by atoms with van der Waals surface area (Å²) in [5.74, 6) is 2.08. The standard InChI is InChI=1S/C15H18ClN3/c1-10(2)13-9-14(17-3)19-15(18-13)8-11-4-6-12(16)7-5-11/h4-7,9-10H,8H2,1-3H3,(H,17,18,19). The molecule has 0 radical (unpaired) electrons. The topological polar surface area (TPSA) is 37.8 Å². The van der Waals surface area contributed by atoms with Crippen LogP contribution < -0.4 is 5.32 Å². The largest absolute Gasteiger partial charge is 0.373 e. The van der Waals surface area contributed by atoms with E-state index in [0.29, 0.717) is 12.3 Å². The van der Waals surface area contributed by atoms with Crippen molar-refractivity contribution in [2.24, 2.45) is 0 Å². The molecule has 0 fully saturated rings. The summed E-state index contributed by atoms with van der Waals surface area (Å²) in [4.78, 5) is 9.11. The fourth-order valence-electron chi connectivity index (χ4n) is 1.81. The zero-order valence-corrected chi connectivity index (χ0v) is 12.2. The second-order valence-electron chi connectivity index (χ2n) is 4.80. The summed E-state index contributed by atoms with van der Waals surface area (Å²) < 4.78 is 0. The maximum atomic E-state index is 5.89. The van der Waals surface area contributed by atoms with E-state index in [2.05, 4.69) is 29.1 Å². The number of hydrogen-bond acceptors (Lipinski definition) is 3. The Kier molecular flexibility index (Phi) is 4.38. The van der Waals surface area contributed by atoms with Crippen LogP contribution >= 0.6 is 11.6 Å². The van der Waals surface area contributed by atoms with Crippen LogP contribution in [0.2, 0.25) is 5.02 Å². The fraction of sp³-hybridized carbons (Fsp3) is 0.333. The second kappa shape index (κ2) is 6.02. The predicted molar refractivity (Wildman–Crippen MR) is 79.9 cm³/mol. The van der Waals surface area contributed by atoms with Gasteiger partial charge < -0.3 is 5.32 Å². The summed E-state index contributed by atoms with van der Waals surface area (Å²) >= 11 is 5.89. The number of rotatable bonds is 4. The van der Waals surface area contributed by atoms with Gasteiger partial charge in [0.2, 0.25) is 0 Å². The van der Waals surface area contributed by atoms with Crippen LogP contribution in [-0.4, -0.2) is 17.0 Å².